The molecule has 0 amide bonds. The fourth-order valence-electron chi connectivity index (χ4n) is 4.03. The molecule has 4 nitrogen and oxygen atoms in total. The third-order valence-corrected chi connectivity index (χ3v) is 5.57. The summed E-state index contributed by atoms with van der Waals surface area (Å²) in [5, 5.41) is 13.1. The van der Waals surface area contributed by atoms with Gasteiger partial charge in [0, 0.05) is 17.6 Å². The third-order valence-electron chi connectivity index (χ3n) is 5.57. The molecule has 5 aromatic rings. The summed E-state index contributed by atoms with van der Waals surface area (Å²) in [5.41, 5.74) is 3.24. The fourth-order valence-corrected chi connectivity index (χ4v) is 4.03. The fraction of sp³-hybridized carbons (Fsp3) is 0.219. The molecule has 0 aliphatic heterocycles. The molecule has 5 rings (SSSR count). The third kappa shape index (κ3) is 7.70. The average Bonchev–Trinajstić information content (AvgIpc) is 2.90. The molecule has 0 spiro atoms. The van der Waals surface area contributed by atoms with E-state index in [1.54, 1.807) is 0 Å². The van der Waals surface area contributed by atoms with E-state index >= 15 is 0 Å². The van der Waals surface area contributed by atoms with Gasteiger partial charge in [0.2, 0.25) is 0 Å². The number of hydrogen-bond donors (Lipinski definition) is 0. The molecule has 0 aliphatic carbocycles. The Kier molecular flexibility index (Phi) is 10.8. The first-order chi connectivity index (χ1) is 17.5. The first-order valence-corrected chi connectivity index (χ1v) is 12.5. The number of anilines is 2. The Hall–Kier alpha value is -3.08. The van der Waals surface area contributed by atoms with Gasteiger partial charge in [0.15, 0.2) is 0 Å². The molecule has 5 heteroatoms. The number of fused-ring (bicyclic) bond motifs is 3. The Labute approximate surface area is 234 Å². The second-order valence-corrected chi connectivity index (χ2v) is 9.15. The van der Waals surface area contributed by atoms with Gasteiger partial charge in [0.25, 0.3) is 0 Å². The molecule has 1 aromatic heterocycles. The maximum Gasteiger partial charge on any atom is 3.00 e. The van der Waals surface area contributed by atoms with E-state index in [1.165, 1.54) is 10.8 Å². The molecule has 4 aromatic carbocycles. The van der Waals surface area contributed by atoms with Crippen LogP contribution in [0.2, 0.25) is 0 Å². The van der Waals surface area contributed by atoms with E-state index in [1.807, 2.05) is 60.8 Å². The van der Waals surface area contributed by atoms with Crippen LogP contribution in [0.5, 0.6) is 0 Å². The van der Waals surface area contributed by atoms with E-state index in [0.29, 0.717) is 0 Å². The molecule has 0 bridgehead atoms. The molecule has 0 atom stereocenters. The minimum atomic E-state index is -0.218. The summed E-state index contributed by atoms with van der Waals surface area (Å²) in [4.78, 5) is 6.57. The van der Waals surface area contributed by atoms with Crippen LogP contribution in [0.15, 0.2) is 109 Å². The maximum atomic E-state index is 4.83. The van der Waals surface area contributed by atoms with Crippen LogP contribution in [0.1, 0.15) is 27.7 Å². The van der Waals surface area contributed by atoms with Gasteiger partial charge in [-0.3, -0.25) is 0 Å². The maximum absolute atomic E-state index is 4.83. The molecule has 0 saturated carbocycles. The normalized spacial score (nSPS) is 10.9. The number of rotatable bonds is 7. The van der Waals surface area contributed by atoms with Crippen molar-refractivity contribution in [1.82, 2.24) is 4.98 Å². The van der Waals surface area contributed by atoms with E-state index in [9.17, 15) is 0 Å². The first-order valence-electron chi connectivity index (χ1n) is 12.5. The molecule has 0 aliphatic rings. The Morgan fingerprint density at radius 3 is 1.76 bits per heavy atom. The van der Waals surface area contributed by atoms with E-state index < -0.39 is 0 Å². The van der Waals surface area contributed by atoms with Crippen molar-refractivity contribution < 1.29 is 20.1 Å². The predicted molar refractivity (Wildman–Crippen MR) is 154 cm³/mol. The number of nitrogens with zero attached hydrogens (tertiary/aromatic N) is 4. The van der Waals surface area contributed by atoms with Crippen molar-refractivity contribution in [1.29, 1.82) is 0 Å². The number of pyridine rings is 1. The van der Waals surface area contributed by atoms with Gasteiger partial charge in [-0.05, 0) is 41.2 Å². The molecular formula is C32H33IrN4. The Balaban J connectivity index is 0.000000217. The summed E-state index contributed by atoms with van der Waals surface area (Å²) in [6.45, 7) is 8.38. The molecular weight excluding hydrogens is 633 g/mol. The second kappa shape index (κ2) is 14.0. The van der Waals surface area contributed by atoms with Crippen LogP contribution in [0, 0.1) is 6.07 Å². The van der Waals surface area contributed by atoms with E-state index in [0.717, 1.165) is 22.3 Å². The predicted octanol–water partition coefficient (Wildman–Crippen LogP) is 8.86. The summed E-state index contributed by atoms with van der Waals surface area (Å²) in [5.74, 6) is 0. The molecule has 0 saturated heterocycles. The summed E-state index contributed by atoms with van der Waals surface area (Å²) in [6.07, 6.45) is 1.60. The van der Waals surface area contributed by atoms with Crippen LogP contribution >= 0.6 is 0 Å². The summed E-state index contributed by atoms with van der Waals surface area (Å²) in [7, 11) is 0. The first kappa shape index (κ1) is 28.5. The topological polar surface area (TPSA) is 44.3 Å². The van der Waals surface area contributed by atoms with Gasteiger partial charge in [0.05, 0.1) is 0 Å². The van der Waals surface area contributed by atoms with Crippen molar-refractivity contribution in [3.05, 3.63) is 126 Å². The molecule has 0 N–H and O–H groups in total. The SMILES string of the molecule is CC(C)[N-]C([N-]C(C)C)N(c1ccccc1)c1ccccc1.[Ir+3].[c-]1cccc2ccc3cccnc3c12. The zero-order valence-corrected chi connectivity index (χ0v) is 24.1. The average molecular weight is 666 g/mol. The van der Waals surface area contributed by atoms with Gasteiger partial charge >= 0.3 is 20.1 Å². The smallest absolute Gasteiger partial charge is 0.658 e. The van der Waals surface area contributed by atoms with Gasteiger partial charge in [-0.25, -0.2) is 0 Å². The Morgan fingerprint density at radius 2 is 1.19 bits per heavy atom. The largest absolute Gasteiger partial charge is 3.00 e. The minimum absolute atomic E-state index is 0. The van der Waals surface area contributed by atoms with Crippen molar-refractivity contribution in [2.24, 2.45) is 0 Å². The van der Waals surface area contributed by atoms with Crippen molar-refractivity contribution in [2.45, 2.75) is 46.1 Å². The molecule has 37 heavy (non-hydrogen) atoms. The standard InChI is InChI=1S/C19H25N3.C13H8N.Ir/c1-15(2)20-19(21-16(3)4)22(17-11-7-5-8-12-17)18-13-9-6-10-14-18;1-2-6-12-10(4-1)7-8-11-5-3-9-14-13(11)12;/h5-16,19H,1-4H3;1-5,7-9H;/q-2;-1;+3. The molecule has 190 valence electrons. The number of para-hydroxylation sites is 2. The van der Waals surface area contributed by atoms with Gasteiger partial charge in [-0.15, -0.1) is 47.1 Å². The molecule has 1 heterocycles. The zero-order valence-electron chi connectivity index (χ0n) is 21.7. The van der Waals surface area contributed by atoms with E-state index in [-0.39, 0.29) is 38.5 Å². The number of benzene rings is 4. The Morgan fingerprint density at radius 1 is 0.649 bits per heavy atom. The summed E-state index contributed by atoms with van der Waals surface area (Å²) < 4.78 is 0. The van der Waals surface area contributed by atoms with Crippen LogP contribution in [0.3, 0.4) is 0 Å². The molecule has 0 unspecified atom stereocenters. The Bertz CT molecular complexity index is 1250. The second-order valence-electron chi connectivity index (χ2n) is 9.15. The van der Waals surface area contributed by atoms with Crippen LogP contribution in [0.25, 0.3) is 32.3 Å². The van der Waals surface area contributed by atoms with Gasteiger partial charge in [-0.1, -0.05) is 82.3 Å². The van der Waals surface area contributed by atoms with Crippen LogP contribution < -0.4 is 4.90 Å². The van der Waals surface area contributed by atoms with E-state index in [2.05, 4.69) is 92.2 Å². The quantitative estimate of drug-likeness (QED) is 0.129. The number of aromatic nitrogens is 1. The van der Waals surface area contributed by atoms with Crippen molar-refractivity contribution in [3.63, 3.8) is 0 Å². The van der Waals surface area contributed by atoms with Crippen LogP contribution in [-0.4, -0.2) is 23.4 Å². The molecule has 0 radical (unpaired) electrons. The summed E-state index contributed by atoms with van der Waals surface area (Å²) in [6, 6.07) is 38.6. The van der Waals surface area contributed by atoms with Crippen molar-refractivity contribution in [3.8, 4) is 0 Å². The van der Waals surface area contributed by atoms with E-state index in [4.69, 9.17) is 10.6 Å². The van der Waals surface area contributed by atoms with Gasteiger partial charge in [-0.2, -0.15) is 6.29 Å². The minimum Gasteiger partial charge on any atom is -0.658 e. The van der Waals surface area contributed by atoms with Crippen LogP contribution in [0.4, 0.5) is 11.4 Å². The van der Waals surface area contributed by atoms with Gasteiger partial charge < -0.3 is 20.5 Å². The van der Waals surface area contributed by atoms with Crippen molar-refractivity contribution >= 4 is 33.1 Å². The van der Waals surface area contributed by atoms with Crippen LogP contribution in [-0.2, 0) is 20.1 Å². The zero-order chi connectivity index (χ0) is 25.3. The van der Waals surface area contributed by atoms with Crippen molar-refractivity contribution in [2.75, 3.05) is 4.90 Å². The number of hydrogen-bond acceptors (Lipinski definition) is 2. The monoisotopic (exact) mass is 666 g/mol. The summed E-state index contributed by atoms with van der Waals surface area (Å²) >= 11 is 0. The molecule has 0 fully saturated rings. The van der Waals surface area contributed by atoms with Gasteiger partial charge in [0.1, 0.15) is 0 Å².